The van der Waals surface area contributed by atoms with Gasteiger partial charge in [0.15, 0.2) is 0 Å². The number of halogens is 1. The third-order valence-corrected chi connectivity index (χ3v) is 3.37. The van der Waals surface area contributed by atoms with E-state index in [1.54, 1.807) is 0 Å². The summed E-state index contributed by atoms with van der Waals surface area (Å²) in [5.74, 6) is 0.976. The topological polar surface area (TPSA) is 9.23 Å². The molecule has 0 spiro atoms. The fourth-order valence-corrected chi connectivity index (χ4v) is 1.96. The Morgan fingerprint density at radius 2 is 1.71 bits per heavy atom. The molecular weight excluding hydrogens is 323 g/mol. The van der Waals surface area contributed by atoms with Crippen LogP contribution in [-0.2, 0) is 6.61 Å². The zero-order valence-electron chi connectivity index (χ0n) is 10.0. The molecule has 17 heavy (non-hydrogen) atoms. The van der Waals surface area contributed by atoms with Gasteiger partial charge in [0.1, 0.15) is 12.4 Å². The molecule has 1 nitrogen and oxygen atoms in total. The molecule has 0 aliphatic carbocycles. The molecule has 0 radical (unpaired) electrons. The first kappa shape index (κ1) is 12.4. The molecule has 0 saturated carbocycles. The average molecular weight is 338 g/mol. The maximum atomic E-state index is 5.84. The predicted molar refractivity (Wildman–Crippen MR) is 79.4 cm³/mol. The van der Waals surface area contributed by atoms with Gasteiger partial charge in [-0.25, -0.2) is 0 Å². The summed E-state index contributed by atoms with van der Waals surface area (Å²) >= 11 is 2.31. The Hall–Kier alpha value is -1.03. The summed E-state index contributed by atoms with van der Waals surface area (Å²) in [6.07, 6.45) is 0. The monoisotopic (exact) mass is 338 g/mol. The van der Waals surface area contributed by atoms with Crippen molar-refractivity contribution in [3.8, 4) is 5.75 Å². The van der Waals surface area contributed by atoms with Gasteiger partial charge in [-0.3, -0.25) is 0 Å². The van der Waals surface area contributed by atoms with Crippen molar-refractivity contribution in [2.75, 3.05) is 0 Å². The van der Waals surface area contributed by atoms with Crippen molar-refractivity contribution in [3.63, 3.8) is 0 Å². The lowest BCUT2D eigenvalue weighted by molar-refractivity contribution is 0.304. The molecule has 2 aromatic carbocycles. The second-order valence-corrected chi connectivity index (χ2v) is 5.43. The Morgan fingerprint density at radius 1 is 1.00 bits per heavy atom. The van der Waals surface area contributed by atoms with E-state index in [1.807, 2.05) is 0 Å². The van der Waals surface area contributed by atoms with E-state index in [4.69, 9.17) is 4.74 Å². The predicted octanol–water partition coefficient (Wildman–Crippen LogP) is 4.49. The van der Waals surface area contributed by atoms with Gasteiger partial charge in [-0.2, -0.15) is 0 Å². The SMILES string of the molecule is Cc1ccc(C)c(OCc2ccc(I)cc2)c1. The first-order chi connectivity index (χ1) is 8.15. The highest BCUT2D eigenvalue weighted by Gasteiger charge is 2.00. The Bertz CT molecular complexity index is 503. The van der Waals surface area contributed by atoms with Gasteiger partial charge >= 0.3 is 0 Å². The lowest BCUT2D eigenvalue weighted by atomic mass is 10.1. The van der Waals surface area contributed by atoms with Crippen molar-refractivity contribution in [1.82, 2.24) is 0 Å². The van der Waals surface area contributed by atoms with Crippen LogP contribution in [0.15, 0.2) is 42.5 Å². The fraction of sp³-hybridized carbons (Fsp3) is 0.200. The van der Waals surface area contributed by atoms with Gasteiger partial charge in [-0.1, -0.05) is 24.3 Å². The second kappa shape index (κ2) is 5.54. The number of hydrogen-bond donors (Lipinski definition) is 0. The van der Waals surface area contributed by atoms with E-state index >= 15 is 0 Å². The second-order valence-electron chi connectivity index (χ2n) is 4.18. The number of ether oxygens (including phenoxy) is 1. The van der Waals surface area contributed by atoms with Crippen LogP contribution in [0.25, 0.3) is 0 Å². The molecule has 0 unspecified atom stereocenters. The van der Waals surface area contributed by atoms with E-state index in [0.29, 0.717) is 6.61 Å². The molecule has 0 aromatic heterocycles. The summed E-state index contributed by atoms with van der Waals surface area (Å²) in [7, 11) is 0. The molecule has 88 valence electrons. The normalized spacial score (nSPS) is 10.3. The van der Waals surface area contributed by atoms with Gasteiger partial charge in [-0.15, -0.1) is 0 Å². The largest absolute Gasteiger partial charge is 0.489 e. The maximum Gasteiger partial charge on any atom is 0.122 e. The highest BCUT2D eigenvalue weighted by atomic mass is 127. The van der Waals surface area contributed by atoms with Crippen molar-refractivity contribution in [2.45, 2.75) is 20.5 Å². The van der Waals surface area contributed by atoms with Crippen LogP contribution in [0.2, 0.25) is 0 Å². The summed E-state index contributed by atoms with van der Waals surface area (Å²) in [6.45, 7) is 4.78. The lowest BCUT2D eigenvalue weighted by Gasteiger charge is -2.10. The number of rotatable bonds is 3. The van der Waals surface area contributed by atoms with Gasteiger partial charge in [-0.05, 0) is 71.3 Å². The third kappa shape index (κ3) is 3.46. The van der Waals surface area contributed by atoms with Gasteiger partial charge in [0.2, 0.25) is 0 Å². The molecule has 0 aliphatic heterocycles. The van der Waals surface area contributed by atoms with Crippen molar-refractivity contribution in [3.05, 3.63) is 62.7 Å². The van der Waals surface area contributed by atoms with Crippen molar-refractivity contribution >= 4 is 22.6 Å². The van der Waals surface area contributed by atoms with Crippen LogP contribution in [0.1, 0.15) is 16.7 Å². The molecule has 0 atom stereocenters. The van der Waals surface area contributed by atoms with Crippen LogP contribution >= 0.6 is 22.6 Å². The molecule has 0 saturated heterocycles. The molecule has 2 rings (SSSR count). The molecule has 0 bridgehead atoms. The van der Waals surface area contributed by atoms with E-state index in [9.17, 15) is 0 Å². The minimum absolute atomic E-state index is 0.626. The minimum atomic E-state index is 0.626. The molecule has 2 heteroatoms. The van der Waals surface area contributed by atoms with Crippen LogP contribution in [-0.4, -0.2) is 0 Å². The van der Waals surface area contributed by atoms with Crippen LogP contribution < -0.4 is 4.74 Å². The fourth-order valence-electron chi connectivity index (χ4n) is 1.60. The maximum absolute atomic E-state index is 5.84. The van der Waals surface area contributed by atoms with Crippen LogP contribution in [0, 0.1) is 17.4 Å². The highest BCUT2D eigenvalue weighted by Crippen LogP contribution is 2.20. The zero-order chi connectivity index (χ0) is 12.3. The molecule has 0 fully saturated rings. The highest BCUT2D eigenvalue weighted by molar-refractivity contribution is 14.1. The summed E-state index contributed by atoms with van der Waals surface area (Å²) in [4.78, 5) is 0. The smallest absolute Gasteiger partial charge is 0.122 e. The molecule has 2 aromatic rings. The molecular formula is C15H15IO. The van der Waals surface area contributed by atoms with Crippen LogP contribution in [0.3, 0.4) is 0 Å². The van der Waals surface area contributed by atoms with Crippen LogP contribution in [0.4, 0.5) is 0 Å². The summed E-state index contributed by atoms with van der Waals surface area (Å²) in [6, 6.07) is 14.7. The first-order valence-corrected chi connectivity index (χ1v) is 6.67. The third-order valence-electron chi connectivity index (χ3n) is 2.65. The van der Waals surface area contributed by atoms with Gasteiger partial charge in [0.05, 0.1) is 0 Å². The molecule has 0 heterocycles. The Balaban J connectivity index is 2.07. The summed E-state index contributed by atoms with van der Waals surface area (Å²) in [5, 5.41) is 0. The van der Waals surface area contributed by atoms with E-state index < -0.39 is 0 Å². The van der Waals surface area contributed by atoms with E-state index in [1.165, 1.54) is 20.3 Å². The van der Waals surface area contributed by atoms with Crippen LogP contribution in [0.5, 0.6) is 5.75 Å². The van der Waals surface area contributed by atoms with Gasteiger partial charge in [0.25, 0.3) is 0 Å². The average Bonchev–Trinajstić information content (AvgIpc) is 2.32. The molecule has 0 N–H and O–H groups in total. The Morgan fingerprint density at radius 3 is 2.41 bits per heavy atom. The number of hydrogen-bond acceptors (Lipinski definition) is 1. The summed E-state index contributed by atoms with van der Waals surface area (Å²) < 4.78 is 7.09. The first-order valence-electron chi connectivity index (χ1n) is 5.59. The van der Waals surface area contributed by atoms with Crippen molar-refractivity contribution < 1.29 is 4.74 Å². The molecule has 0 amide bonds. The lowest BCUT2D eigenvalue weighted by Crippen LogP contribution is -1.97. The Kier molecular flexibility index (Phi) is 4.05. The van der Waals surface area contributed by atoms with E-state index in [-0.39, 0.29) is 0 Å². The quantitative estimate of drug-likeness (QED) is 0.750. The zero-order valence-corrected chi connectivity index (χ0v) is 12.2. The number of aryl methyl sites for hydroxylation is 2. The van der Waals surface area contributed by atoms with E-state index in [0.717, 1.165) is 5.75 Å². The minimum Gasteiger partial charge on any atom is -0.489 e. The summed E-state index contributed by atoms with van der Waals surface area (Å²) in [5.41, 5.74) is 3.61. The van der Waals surface area contributed by atoms with Crippen molar-refractivity contribution in [2.24, 2.45) is 0 Å². The standard InChI is InChI=1S/C15H15IO/c1-11-3-4-12(2)15(9-11)17-10-13-5-7-14(16)8-6-13/h3-9H,10H2,1-2H3. The Labute approximate surface area is 116 Å². The van der Waals surface area contributed by atoms with Gasteiger partial charge in [0, 0.05) is 3.57 Å². The van der Waals surface area contributed by atoms with E-state index in [2.05, 4.69) is 78.9 Å². The van der Waals surface area contributed by atoms with Gasteiger partial charge < -0.3 is 4.74 Å². The van der Waals surface area contributed by atoms with Crippen molar-refractivity contribution in [1.29, 1.82) is 0 Å². The number of benzene rings is 2. The molecule has 0 aliphatic rings.